The van der Waals surface area contributed by atoms with Gasteiger partial charge in [-0.25, -0.2) is 9.37 Å². The largest absolute Gasteiger partial charge is 0.367 e. The van der Waals surface area contributed by atoms with Gasteiger partial charge >= 0.3 is 0 Å². The molecule has 0 radical (unpaired) electrons. The monoisotopic (exact) mass is 659 g/mol. The third-order valence-electron chi connectivity index (χ3n) is 7.03. The molecule has 4 aromatic rings. The number of pyridine rings is 1. The lowest BCUT2D eigenvalue weighted by atomic mass is 10.1. The number of fused-ring (bicyclic) bond motifs is 1. The van der Waals surface area contributed by atoms with E-state index >= 15 is 0 Å². The number of thiazole rings is 1. The molecule has 0 fully saturated rings. The van der Waals surface area contributed by atoms with E-state index in [1.165, 1.54) is 40.1 Å². The van der Waals surface area contributed by atoms with Gasteiger partial charge in [0, 0.05) is 50.1 Å². The topological polar surface area (TPSA) is 79.7 Å². The van der Waals surface area contributed by atoms with Crippen LogP contribution in [0.1, 0.15) is 82.4 Å². The maximum absolute atomic E-state index is 13.0. The fourth-order valence-corrected chi connectivity index (χ4v) is 5.87. The minimum Gasteiger partial charge on any atom is -0.367 e. The van der Waals surface area contributed by atoms with Gasteiger partial charge in [-0.15, -0.1) is 11.3 Å². The molecule has 1 amide bonds. The molecule has 5 rings (SSSR count). The van der Waals surface area contributed by atoms with Crippen molar-refractivity contribution in [2.75, 3.05) is 24.6 Å². The fourth-order valence-electron chi connectivity index (χ4n) is 4.83. The third kappa shape index (κ3) is 13.7. The summed E-state index contributed by atoms with van der Waals surface area (Å²) < 4.78 is 19.6. The van der Waals surface area contributed by atoms with Crippen molar-refractivity contribution >= 4 is 39.4 Å². The molecule has 0 saturated carbocycles. The summed E-state index contributed by atoms with van der Waals surface area (Å²) in [7, 11) is 0. The number of halogens is 1. The molecule has 47 heavy (non-hydrogen) atoms. The minimum absolute atomic E-state index is 0.00370. The molecule has 1 aliphatic rings. The Balaban J connectivity index is 0.00000114. The van der Waals surface area contributed by atoms with Crippen LogP contribution in [0.3, 0.4) is 0 Å². The standard InChI is InChI=1S/C33H36FN5O2S.C3H8.C2H6/c34-28-11-9-25(10-12-28)23-41-24-32(40)37-17-3-1-2-8-33-38-30-14-13-29(18-31(30)42-33)39(21-26-6-4-15-35-19-26)22-27-7-5-16-36-20-27;1-3-2;1-2/h4,6,9-16,18-20H,1-3,5,7-8,17,21-24H2,(H,37,40);3H2,1-2H3;1-2H3. The molecule has 0 spiro atoms. The predicted molar refractivity (Wildman–Crippen MR) is 195 cm³/mol. The molecule has 0 unspecified atom stereocenters. The molecule has 1 N–H and O–H groups in total. The van der Waals surface area contributed by atoms with E-state index in [9.17, 15) is 9.18 Å². The molecular weight excluding hydrogens is 610 g/mol. The number of carbonyl (C=O) groups is 1. The predicted octanol–water partition coefficient (Wildman–Crippen LogP) is 9.07. The first-order valence-corrected chi connectivity index (χ1v) is 17.7. The van der Waals surface area contributed by atoms with Gasteiger partial charge in [-0.1, -0.05) is 58.7 Å². The molecule has 0 saturated heterocycles. The van der Waals surface area contributed by atoms with Gasteiger partial charge in [0.25, 0.3) is 0 Å². The van der Waals surface area contributed by atoms with Crippen molar-refractivity contribution in [2.45, 2.75) is 85.8 Å². The second kappa shape index (κ2) is 21.8. The molecular formula is C38H50FN5O2S. The number of nitrogens with zero attached hydrogens (tertiary/aromatic N) is 4. The van der Waals surface area contributed by atoms with Crippen molar-refractivity contribution < 1.29 is 13.9 Å². The summed E-state index contributed by atoms with van der Waals surface area (Å²) in [5.41, 5.74) is 5.56. The number of aromatic nitrogens is 2. The van der Waals surface area contributed by atoms with E-state index in [0.29, 0.717) is 6.54 Å². The molecule has 3 heterocycles. The van der Waals surface area contributed by atoms with E-state index in [2.05, 4.69) is 58.3 Å². The second-order valence-electron chi connectivity index (χ2n) is 11.1. The molecule has 0 aliphatic carbocycles. The summed E-state index contributed by atoms with van der Waals surface area (Å²) in [4.78, 5) is 28.0. The highest BCUT2D eigenvalue weighted by Crippen LogP contribution is 2.30. The Labute approximate surface area is 284 Å². The van der Waals surface area contributed by atoms with E-state index < -0.39 is 0 Å². The lowest BCUT2D eigenvalue weighted by molar-refractivity contribution is -0.126. The maximum Gasteiger partial charge on any atom is 0.246 e. The number of rotatable bonds is 15. The summed E-state index contributed by atoms with van der Waals surface area (Å²) in [5, 5.41) is 4.05. The summed E-state index contributed by atoms with van der Waals surface area (Å²) in [6.07, 6.45) is 14.8. The van der Waals surface area contributed by atoms with Gasteiger partial charge in [0.15, 0.2) is 0 Å². The summed E-state index contributed by atoms with van der Waals surface area (Å²) >= 11 is 1.76. The van der Waals surface area contributed by atoms with Gasteiger partial charge in [-0.3, -0.25) is 14.8 Å². The SMILES string of the molecule is CC.CCC.O=C(COCc1ccc(F)cc1)NCCCCCc1nc2ccc(N(CC3=CN=CCC3)Cc3cccnc3)cc2s1. The van der Waals surface area contributed by atoms with Crippen LogP contribution in [0.15, 0.2) is 83.8 Å². The fraction of sp³-hybridized carbons (Fsp3) is 0.421. The highest BCUT2D eigenvalue weighted by atomic mass is 32.1. The number of hydrogen-bond acceptors (Lipinski definition) is 7. The first-order chi connectivity index (χ1) is 23.0. The second-order valence-corrected chi connectivity index (χ2v) is 12.2. The molecule has 0 atom stereocenters. The normalized spacial score (nSPS) is 12.0. The van der Waals surface area contributed by atoms with Gasteiger partial charge in [0.05, 0.1) is 21.8 Å². The number of ether oxygens (including phenoxy) is 1. The number of aryl methyl sites for hydroxylation is 1. The Morgan fingerprint density at radius 3 is 2.55 bits per heavy atom. The Bertz CT molecular complexity index is 1520. The molecule has 2 aromatic heterocycles. The molecule has 1 aliphatic heterocycles. The number of anilines is 1. The lowest BCUT2D eigenvalue weighted by Crippen LogP contribution is -2.28. The van der Waals surface area contributed by atoms with E-state index in [0.717, 1.165) is 67.7 Å². The Kier molecular flexibility index (Phi) is 17.4. The number of unbranched alkanes of at least 4 members (excludes halogenated alkanes) is 2. The van der Waals surface area contributed by atoms with Crippen molar-refractivity contribution in [2.24, 2.45) is 4.99 Å². The van der Waals surface area contributed by atoms with Crippen LogP contribution in [0, 0.1) is 5.82 Å². The number of carbonyl (C=O) groups excluding carboxylic acids is 1. The smallest absolute Gasteiger partial charge is 0.246 e. The molecule has 252 valence electrons. The van der Waals surface area contributed by atoms with Crippen LogP contribution in [-0.2, 0) is 29.1 Å². The first-order valence-electron chi connectivity index (χ1n) is 16.9. The van der Waals surface area contributed by atoms with Crippen LogP contribution >= 0.6 is 11.3 Å². The van der Waals surface area contributed by atoms with Crippen LogP contribution < -0.4 is 10.2 Å². The van der Waals surface area contributed by atoms with Crippen LogP contribution in [0.2, 0.25) is 0 Å². The lowest BCUT2D eigenvalue weighted by Gasteiger charge is -2.26. The van der Waals surface area contributed by atoms with Gasteiger partial charge in [0.2, 0.25) is 5.91 Å². The van der Waals surface area contributed by atoms with Gasteiger partial charge < -0.3 is 15.0 Å². The maximum atomic E-state index is 13.0. The van der Waals surface area contributed by atoms with Crippen LogP contribution in [0.4, 0.5) is 10.1 Å². The van der Waals surface area contributed by atoms with Crippen LogP contribution in [0.5, 0.6) is 0 Å². The van der Waals surface area contributed by atoms with Crippen molar-refractivity contribution in [1.29, 1.82) is 0 Å². The molecule has 9 heteroatoms. The van der Waals surface area contributed by atoms with E-state index in [1.54, 1.807) is 23.5 Å². The highest BCUT2D eigenvalue weighted by Gasteiger charge is 2.14. The van der Waals surface area contributed by atoms with E-state index in [1.807, 2.05) is 44.7 Å². The zero-order valence-corrected chi connectivity index (χ0v) is 29.2. The molecule has 2 aromatic carbocycles. The molecule has 7 nitrogen and oxygen atoms in total. The highest BCUT2D eigenvalue weighted by molar-refractivity contribution is 7.18. The van der Waals surface area contributed by atoms with E-state index in [4.69, 9.17) is 9.72 Å². The van der Waals surface area contributed by atoms with Crippen molar-refractivity contribution in [1.82, 2.24) is 15.3 Å². The average Bonchev–Trinajstić information content (AvgIpc) is 3.51. The Morgan fingerprint density at radius 1 is 1.02 bits per heavy atom. The zero-order valence-electron chi connectivity index (χ0n) is 28.4. The van der Waals surface area contributed by atoms with Crippen molar-refractivity contribution in [3.8, 4) is 0 Å². The summed E-state index contributed by atoms with van der Waals surface area (Å²) in [5.74, 6) is -0.420. The van der Waals surface area contributed by atoms with Crippen molar-refractivity contribution in [3.05, 3.63) is 101 Å². The van der Waals surface area contributed by atoms with Gasteiger partial charge in [0.1, 0.15) is 12.4 Å². The quantitative estimate of drug-likeness (QED) is 0.129. The number of benzene rings is 2. The summed E-state index contributed by atoms with van der Waals surface area (Å²) in [6, 6.07) is 16.7. The summed E-state index contributed by atoms with van der Waals surface area (Å²) in [6.45, 7) is 10.8. The Hall–Kier alpha value is -3.95. The van der Waals surface area contributed by atoms with E-state index in [-0.39, 0.29) is 24.9 Å². The van der Waals surface area contributed by atoms with Crippen LogP contribution in [-0.4, -0.2) is 41.8 Å². The van der Waals surface area contributed by atoms with Gasteiger partial charge in [-0.05, 0) is 85.2 Å². The van der Waals surface area contributed by atoms with Crippen molar-refractivity contribution in [3.63, 3.8) is 0 Å². The van der Waals surface area contributed by atoms with Crippen LogP contribution in [0.25, 0.3) is 10.2 Å². The van der Waals surface area contributed by atoms with Gasteiger partial charge in [-0.2, -0.15) is 0 Å². The zero-order chi connectivity index (χ0) is 33.7. The average molecular weight is 660 g/mol. The minimum atomic E-state index is -0.285. The Morgan fingerprint density at radius 2 is 1.83 bits per heavy atom. The first kappa shape index (κ1) is 37.5. The number of nitrogens with one attached hydrogen (secondary N) is 1. The number of hydrogen-bond donors (Lipinski definition) is 1. The molecule has 0 bridgehead atoms. The number of aliphatic imine (C=N–C) groups is 1. The number of amides is 1. The third-order valence-corrected chi connectivity index (χ3v) is 8.11.